The van der Waals surface area contributed by atoms with Gasteiger partial charge in [0.25, 0.3) is 0 Å². The van der Waals surface area contributed by atoms with E-state index in [1.165, 1.54) is 25.9 Å². The average molecular weight is 221 g/mol. The number of piperidine rings is 3. The highest BCUT2D eigenvalue weighted by molar-refractivity contribution is 5.18. The van der Waals surface area contributed by atoms with E-state index in [0.29, 0.717) is 5.92 Å². The molecular formula is C12H19N3O. The molecule has 0 saturated carbocycles. The maximum absolute atomic E-state index is 9.66. The molecule has 1 atom stereocenters. The minimum atomic E-state index is -0.208. The van der Waals surface area contributed by atoms with Crippen LogP contribution in [0.5, 0.6) is 0 Å². The van der Waals surface area contributed by atoms with Crippen molar-refractivity contribution in [1.82, 2.24) is 9.80 Å². The zero-order valence-electron chi connectivity index (χ0n) is 9.69. The summed E-state index contributed by atoms with van der Waals surface area (Å²) in [5.41, 5.74) is -0.208. The Balaban J connectivity index is 1.85. The van der Waals surface area contributed by atoms with Gasteiger partial charge in [0.05, 0.1) is 19.3 Å². The Morgan fingerprint density at radius 2 is 1.81 bits per heavy atom. The fourth-order valence-electron chi connectivity index (χ4n) is 3.56. The first-order valence-electron chi connectivity index (χ1n) is 6.31. The zero-order valence-corrected chi connectivity index (χ0v) is 9.69. The van der Waals surface area contributed by atoms with Gasteiger partial charge in [-0.15, -0.1) is 0 Å². The number of morpholine rings is 1. The number of rotatable bonds is 1. The van der Waals surface area contributed by atoms with Gasteiger partial charge >= 0.3 is 0 Å². The largest absolute Gasteiger partial charge is 0.379 e. The van der Waals surface area contributed by atoms with Crippen molar-refractivity contribution in [2.75, 3.05) is 45.9 Å². The van der Waals surface area contributed by atoms with Gasteiger partial charge < -0.3 is 9.64 Å². The number of hydrogen-bond donors (Lipinski definition) is 0. The van der Waals surface area contributed by atoms with Gasteiger partial charge in [0.15, 0.2) is 0 Å². The molecule has 0 aromatic carbocycles. The predicted molar refractivity (Wildman–Crippen MR) is 59.9 cm³/mol. The van der Waals surface area contributed by atoms with Gasteiger partial charge in [0.2, 0.25) is 0 Å². The molecule has 4 fully saturated rings. The van der Waals surface area contributed by atoms with Gasteiger partial charge in [0.1, 0.15) is 5.54 Å². The smallest absolute Gasteiger partial charge is 0.125 e. The number of nitrogens with zero attached hydrogens (tertiary/aromatic N) is 3. The van der Waals surface area contributed by atoms with Crippen LogP contribution in [-0.2, 0) is 4.74 Å². The van der Waals surface area contributed by atoms with Crippen LogP contribution in [0, 0.1) is 17.2 Å². The normalized spacial score (nSPS) is 44.2. The van der Waals surface area contributed by atoms with Crippen molar-refractivity contribution in [1.29, 1.82) is 5.26 Å². The second kappa shape index (κ2) is 3.99. The third-order valence-corrected chi connectivity index (χ3v) is 4.50. The Morgan fingerprint density at radius 3 is 2.31 bits per heavy atom. The first-order valence-corrected chi connectivity index (χ1v) is 6.31. The lowest BCUT2D eigenvalue weighted by atomic mass is 9.72. The highest BCUT2D eigenvalue weighted by Crippen LogP contribution is 2.39. The standard InChI is InChI=1S/C12H19N3O/c13-9-12(15-5-7-16-8-6-15)10-14-3-1-11(12)2-4-14/h11H,1-8,10H2. The summed E-state index contributed by atoms with van der Waals surface area (Å²) in [5, 5.41) is 9.66. The summed E-state index contributed by atoms with van der Waals surface area (Å²) >= 11 is 0. The molecule has 4 nitrogen and oxygen atoms in total. The number of nitriles is 1. The molecule has 16 heavy (non-hydrogen) atoms. The van der Waals surface area contributed by atoms with Crippen LogP contribution in [-0.4, -0.2) is 61.3 Å². The first kappa shape index (κ1) is 10.5. The topological polar surface area (TPSA) is 39.5 Å². The van der Waals surface area contributed by atoms with Crippen molar-refractivity contribution in [3.8, 4) is 6.07 Å². The summed E-state index contributed by atoms with van der Waals surface area (Å²) in [6.07, 6.45) is 2.40. The molecule has 0 N–H and O–H groups in total. The van der Waals surface area contributed by atoms with E-state index in [1.54, 1.807) is 0 Å². The third-order valence-electron chi connectivity index (χ3n) is 4.50. The minimum absolute atomic E-state index is 0.208. The molecule has 88 valence electrons. The molecule has 0 spiro atoms. The molecule has 4 heteroatoms. The highest BCUT2D eigenvalue weighted by Gasteiger charge is 2.51. The molecule has 0 aromatic heterocycles. The van der Waals surface area contributed by atoms with Gasteiger partial charge in [-0.2, -0.15) is 5.26 Å². The maximum atomic E-state index is 9.66. The van der Waals surface area contributed by atoms with Crippen LogP contribution in [0.25, 0.3) is 0 Å². The van der Waals surface area contributed by atoms with Crippen LogP contribution in [0.4, 0.5) is 0 Å². The monoisotopic (exact) mass is 221 g/mol. The molecule has 4 aliphatic heterocycles. The van der Waals surface area contributed by atoms with Crippen LogP contribution in [0.1, 0.15) is 12.8 Å². The van der Waals surface area contributed by atoms with Crippen LogP contribution in [0.15, 0.2) is 0 Å². The lowest BCUT2D eigenvalue weighted by molar-refractivity contribution is -0.0775. The van der Waals surface area contributed by atoms with Gasteiger partial charge in [-0.25, -0.2) is 0 Å². The Kier molecular flexibility index (Phi) is 2.62. The third kappa shape index (κ3) is 1.46. The van der Waals surface area contributed by atoms with Crippen LogP contribution >= 0.6 is 0 Å². The SMILES string of the molecule is N#CC1(N2CCOCC2)CN2CCC1CC2. The summed E-state index contributed by atoms with van der Waals surface area (Å²) < 4.78 is 5.40. The molecule has 4 rings (SSSR count). The fourth-order valence-corrected chi connectivity index (χ4v) is 3.56. The summed E-state index contributed by atoms with van der Waals surface area (Å²) in [5.74, 6) is 0.584. The fraction of sp³-hybridized carbons (Fsp3) is 0.917. The molecule has 1 unspecified atom stereocenters. The van der Waals surface area contributed by atoms with E-state index in [9.17, 15) is 5.26 Å². The molecular weight excluding hydrogens is 202 g/mol. The van der Waals surface area contributed by atoms with E-state index >= 15 is 0 Å². The maximum Gasteiger partial charge on any atom is 0.125 e. The van der Waals surface area contributed by atoms with Crippen LogP contribution in [0.3, 0.4) is 0 Å². The summed E-state index contributed by atoms with van der Waals surface area (Å²) in [4.78, 5) is 4.84. The second-order valence-electron chi connectivity index (χ2n) is 5.19. The van der Waals surface area contributed by atoms with E-state index in [4.69, 9.17) is 4.74 Å². The first-order chi connectivity index (χ1) is 7.85. The summed E-state index contributed by atoms with van der Waals surface area (Å²) in [7, 11) is 0. The zero-order chi connectivity index (χ0) is 11.0. The number of ether oxygens (including phenoxy) is 1. The van der Waals surface area contributed by atoms with E-state index in [-0.39, 0.29) is 5.54 Å². The molecule has 0 radical (unpaired) electrons. The van der Waals surface area contributed by atoms with Gasteiger partial charge in [-0.1, -0.05) is 0 Å². The number of fused-ring (bicyclic) bond motifs is 3. The predicted octanol–water partition coefficient (Wildman–Crippen LogP) is 0.307. The molecule has 4 saturated heterocycles. The molecule has 0 amide bonds. The van der Waals surface area contributed by atoms with E-state index in [0.717, 1.165) is 32.8 Å². The van der Waals surface area contributed by atoms with Gasteiger partial charge in [-0.05, 0) is 31.8 Å². The average Bonchev–Trinajstić information content (AvgIpc) is 2.41. The van der Waals surface area contributed by atoms with Crippen molar-refractivity contribution in [3.05, 3.63) is 0 Å². The number of hydrogen-bond acceptors (Lipinski definition) is 4. The van der Waals surface area contributed by atoms with Crippen LogP contribution in [0.2, 0.25) is 0 Å². The van der Waals surface area contributed by atoms with Crippen molar-refractivity contribution in [3.63, 3.8) is 0 Å². The lowest BCUT2D eigenvalue weighted by Crippen LogP contribution is -2.67. The summed E-state index contributed by atoms with van der Waals surface area (Å²) in [6, 6.07) is 2.65. The second-order valence-corrected chi connectivity index (χ2v) is 5.19. The Labute approximate surface area is 96.8 Å². The van der Waals surface area contributed by atoms with E-state index < -0.39 is 0 Å². The van der Waals surface area contributed by atoms with Gasteiger partial charge in [0, 0.05) is 19.6 Å². The van der Waals surface area contributed by atoms with Crippen molar-refractivity contribution < 1.29 is 4.74 Å². The van der Waals surface area contributed by atoms with Crippen molar-refractivity contribution in [2.24, 2.45) is 5.92 Å². The molecule has 0 aromatic rings. The Hall–Kier alpha value is -0.630. The van der Waals surface area contributed by atoms with E-state index in [1.807, 2.05) is 0 Å². The summed E-state index contributed by atoms with van der Waals surface area (Å²) in [6.45, 7) is 6.77. The van der Waals surface area contributed by atoms with Crippen molar-refractivity contribution >= 4 is 0 Å². The highest BCUT2D eigenvalue weighted by atomic mass is 16.5. The van der Waals surface area contributed by atoms with E-state index in [2.05, 4.69) is 15.9 Å². The Morgan fingerprint density at radius 1 is 1.12 bits per heavy atom. The quantitative estimate of drug-likeness (QED) is 0.639. The van der Waals surface area contributed by atoms with Crippen LogP contribution < -0.4 is 0 Å². The molecule has 4 heterocycles. The van der Waals surface area contributed by atoms with Crippen molar-refractivity contribution in [2.45, 2.75) is 18.4 Å². The molecule has 2 bridgehead atoms. The minimum Gasteiger partial charge on any atom is -0.379 e. The lowest BCUT2D eigenvalue weighted by Gasteiger charge is -2.54. The molecule has 0 aliphatic carbocycles. The Bertz CT molecular complexity index is 300. The molecule has 4 aliphatic rings. The van der Waals surface area contributed by atoms with Gasteiger partial charge in [-0.3, -0.25) is 4.90 Å².